The monoisotopic (exact) mass is 268 g/mol. The van der Waals surface area contributed by atoms with E-state index >= 15 is 0 Å². The van der Waals surface area contributed by atoms with E-state index in [1.165, 1.54) is 12.1 Å². The lowest BCUT2D eigenvalue weighted by molar-refractivity contribution is -0.116. The highest BCUT2D eigenvalue weighted by Crippen LogP contribution is 2.21. The van der Waals surface area contributed by atoms with Crippen LogP contribution in [0.2, 0.25) is 0 Å². The van der Waals surface area contributed by atoms with E-state index < -0.39 is 5.82 Å². The Kier molecular flexibility index (Phi) is 6.29. The molecule has 0 bridgehead atoms. The Morgan fingerprint density at radius 2 is 2.16 bits per heavy atom. The minimum absolute atomic E-state index is 0.0126. The highest BCUT2D eigenvalue weighted by molar-refractivity contribution is 5.90. The van der Waals surface area contributed by atoms with Crippen LogP contribution in [0.25, 0.3) is 0 Å². The Morgan fingerprint density at radius 3 is 2.74 bits per heavy atom. The van der Waals surface area contributed by atoms with Crippen LogP contribution in [0.15, 0.2) is 18.2 Å². The second-order valence-electron chi connectivity index (χ2n) is 4.56. The minimum Gasteiger partial charge on any atom is -0.491 e. The summed E-state index contributed by atoms with van der Waals surface area (Å²) in [7, 11) is 1.82. The molecule has 1 amide bonds. The molecule has 5 heteroatoms. The number of nitrogens with one attached hydrogen (secondary N) is 2. The molecule has 0 aliphatic carbocycles. The Hall–Kier alpha value is -1.62. The summed E-state index contributed by atoms with van der Waals surface area (Å²) in [5, 5.41) is 5.51. The van der Waals surface area contributed by atoms with Gasteiger partial charge in [0.1, 0.15) is 11.6 Å². The Morgan fingerprint density at radius 1 is 1.42 bits per heavy atom. The number of carbonyl (C=O) groups excluding carboxylic acids is 1. The van der Waals surface area contributed by atoms with Gasteiger partial charge in [0.05, 0.1) is 11.8 Å². The summed E-state index contributed by atoms with van der Waals surface area (Å²) < 4.78 is 19.1. The van der Waals surface area contributed by atoms with Crippen LogP contribution >= 0.6 is 0 Å². The fourth-order valence-electron chi connectivity index (χ4n) is 1.58. The average molecular weight is 268 g/mol. The van der Waals surface area contributed by atoms with Crippen LogP contribution in [0.3, 0.4) is 0 Å². The standard InChI is InChI=1S/C14H21FN2O2/c1-10(2)19-11-6-7-13(12(15)9-11)17-14(18)5-4-8-16-3/h6-7,9-10,16H,4-5,8H2,1-3H3,(H,17,18). The first-order chi connectivity index (χ1) is 9.02. The van der Waals surface area contributed by atoms with E-state index in [-0.39, 0.29) is 17.7 Å². The van der Waals surface area contributed by atoms with Gasteiger partial charge < -0.3 is 15.4 Å². The van der Waals surface area contributed by atoms with Crippen LogP contribution in [0, 0.1) is 5.82 Å². The fraction of sp³-hybridized carbons (Fsp3) is 0.500. The first-order valence-corrected chi connectivity index (χ1v) is 6.43. The van der Waals surface area contributed by atoms with E-state index in [0.29, 0.717) is 12.2 Å². The Bertz CT molecular complexity index is 422. The van der Waals surface area contributed by atoms with E-state index in [1.807, 2.05) is 20.9 Å². The summed E-state index contributed by atoms with van der Waals surface area (Å²) in [5.74, 6) is -0.215. The zero-order valence-corrected chi connectivity index (χ0v) is 11.6. The average Bonchev–Trinajstić information content (AvgIpc) is 2.32. The van der Waals surface area contributed by atoms with Crippen molar-refractivity contribution in [3.05, 3.63) is 24.0 Å². The predicted octanol–water partition coefficient (Wildman–Crippen LogP) is 2.55. The maximum absolute atomic E-state index is 13.7. The van der Waals surface area contributed by atoms with Crippen molar-refractivity contribution < 1.29 is 13.9 Å². The van der Waals surface area contributed by atoms with Crippen molar-refractivity contribution in [1.82, 2.24) is 5.32 Å². The molecule has 1 rings (SSSR count). The van der Waals surface area contributed by atoms with E-state index in [4.69, 9.17) is 4.74 Å². The van der Waals surface area contributed by atoms with Gasteiger partial charge in [-0.15, -0.1) is 0 Å². The van der Waals surface area contributed by atoms with E-state index in [0.717, 1.165) is 13.0 Å². The van der Waals surface area contributed by atoms with Crippen molar-refractivity contribution in [3.63, 3.8) is 0 Å². The molecule has 0 fully saturated rings. The van der Waals surface area contributed by atoms with Crippen LogP contribution in [-0.4, -0.2) is 25.6 Å². The maximum Gasteiger partial charge on any atom is 0.224 e. The molecule has 19 heavy (non-hydrogen) atoms. The molecule has 0 spiro atoms. The number of rotatable bonds is 7. The third-order valence-electron chi connectivity index (χ3n) is 2.42. The smallest absolute Gasteiger partial charge is 0.224 e. The molecule has 0 saturated heterocycles. The van der Waals surface area contributed by atoms with Crippen LogP contribution < -0.4 is 15.4 Å². The van der Waals surface area contributed by atoms with Crippen LogP contribution in [0.4, 0.5) is 10.1 Å². The van der Waals surface area contributed by atoms with Crippen molar-refractivity contribution >= 4 is 11.6 Å². The summed E-state index contributed by atoms with van der Waals surface area (Å²) >= 11 is 0. The van der Waals surface area contributed by atoms with Gasteiger partial charge >= 0.3 is 0 Å². The summed E-state index contributed by atoms with van der Waals surface area (Å²) in [6.07, 6.45) is 1.07. The minimum atomic E-state index is -0.486. The number of hydrogen-bond donors (Lipinski definition) is 2. The van der Waals surface area contributed by atoms with Gasteiger partial charge in [0.25, 0.3) is 0 Å². The predicted molar refractivity (Wildman–Crippen MR) is 74.0 cm³/mol. The van der Waals surface area contributed by atoms with E-state index in [1.54, 1.807) is 6.07 Å². The molecule has 4 nitrogen and oxygen atoms in total. The molecule has 0 heterocycles. The molecule has 0 aromatic heterocycles. The summed E-state index contributed by atoms with van der Waals surface area (Å²) in [5.41, 5.74) is 0.186. The van der Waals surface area contributed by atoms with Gasteiger partial charge in [0.2, 0.25) is 5.91 Å². The molecular weight excluding hydrogens is 247 g/mol. The normalized spacial score (nSPS) is 10.6. The molecule has 0 atom stereocenters. The second-order valence-corrected chi connectivity index (χ2v) is 4.56. The fourth-order valence-corrected chi connectivity index (χ4v) is 1.58. The Balaban J connectivity index is 2.57. The molecule has 0 aliphatic rings. The third kappa shape index (κ3) is 5.70. The van der Waals surface area contributed by atoms with Crippen molar-refractivity contribution in [2.75, 3.05) is 18.9 Å². The quantitative estimate of drug-likeness (QED) is 0.747. The second kappa shape index (κ2) is 7.74. The molecule has 0 radical (unpaired) electrons. The van der Waals surface area contributed by atoms with Gasteiger partial charge in [0.15, 0.2) is 0 Å². The number of anilines is 1. The molecule has 0 saturated carbocycles. The third-order valence-corrected chi connectivity index (χ3v) is 2.42. The summed E-state index contributed by atoms with van der Waals surface area (Å²) in [4.78, 5) is 11.6. The SMILES string of the molecule is CNCCCC(=O)Nc1ccc(OC(C)C)cc1F. The van der Waals surface area contributed by atoms with Crippen molar-refractivity contribution in [2.24, 2.45) is 0 Å². The first kappa shape index (κ1) is 15.4. The summed E-state index contributed by atoms with van der Waals surface area (Å²) in [6, 6.07) is 4.44. The number of amides is 1. The maximum atomic E-state index is 13.7. The lowest BCUT2D eigenvalue weighted by Crippen LogP contribution is -2.16. The number of benzene rings is 1. The van der Waals surface area contributed by atoms with Gasteiger partial charge in [-0.05, 0) is 46.0 Å². The van der Waals surface area contributed by atoms with Crippen molar-refractivity contribution in [1.29, 1.82) is 0 Å². The zero-order valence-electron chi connectivity index (χ0n) is 11.6. The number of ether oxygens (including phenoxy) is 1. The number of hydrogen-bond acceptors (Lipinski definition) is 3. The molecule has 1 aromatic carbocycles. The largest absolute Gasteiger partial charge is 0.491 e. The molecule has 0 unspecified atom stereocenters. The molecule has 1 aromatic rings. The number of halogens is 1. The van der Waals surface area contributed by atoms with Crippen LogP contribution in [0.5, 0.6) is 5.75 Å². The van der Waals surface area contributed by atoms with Crippen molar-refractivity contribution in [3.8, 4) is 5.75 Å². The number of carbonyl (C=O) groups is 1. The van der Waals surface area contributed by atoms with Gasteiger partial charge in [-0.3, -0.25) is 4.79 Å². The van der Waals surface area contributed by atoms with Gasteiger partial charge in [-0.2, -0.15) is 0 Å². The van der Waals surface area contributed by atoms with Crippen molar-refractivity contribution in [2.45, 2.75) is 32.8 Å². The molecule has 2 N–H and O–H groups in total. The lowest BCUT2D eigenvalue weighted by Gasteiger charge is -2.11. The lowest BCUT2D eigenvalue weighted by atomic mass is 10.2. The molecular formula is C14H21FN2O2. The van der Waals surface area contributed by atoms with Gasteiger partial charge in [-0.25, -0.2) is 4.39 Å². The molecule has 106 valence electrons. The highest BCUT2D eigenvalue weighted by atomic mass is 19.1. The summed E-state index contributed by atoms with van der Waals surface area (Å²) in [6.45, 7) is 4.50. The first-order valence-electron chi connectivity index (χ1n) is 6.43. The van der Waals surface area contributed by atoms with Crippen LogP contribution in [0.1, 0.15) is 26.7 Å². The topological polar surface area (TPSA) is 50.4 Å². The Labute approximate surface area is 113 Å². The highest BCUT2D eigenvalue weighted by Gasteiger charge is 2.08. The van der Waals surface area contributed by atoms with Gasteiger partial charge in [-0.1, -0.05) is 0 Å². The molecule has 0 aliphatic heterocycles. The van der Waals surface area contributed by atoms with E-state index in [2.05, 4.69) is 10.6 Å². The zero-order chi connectivity index (χ0) is 14.3. The van der Waals surface area contributed by atoms with Crippen LogP contribution in [-0.2, 0) is 4.79 Å². The van der Waals surface area contributed by atoms with Gasteiger partial charge in [0, 0.05) is 12.5 Å². The van der Waals surface area contributed by atoms with E-state index in [9.17, 15) is 9.18 Å².